The summed E-state index contributed by atoms with van der Waals surface area (Å²) >= 11 is 0. The van der Waals surface area contributed by atoms with Crippen LogP contribution in [-0.2, 0) is 4.79 Å². The molecule has 4 heteroatoms. The van der Waals surface area contributed by atoms with Crippen LogP contribution in [0.25, 0.3) is 0 Å². The van der Waals surface area contributed by atoms with Crippen LogP contribution in [0.15, 0.2) is 0 Å². The standard InChI is InChI=1S/C13H25N3O/c1-12-5-3-2-4-8-16(12)11-13(17)15-9-6-14-7-10-15/h12,14H,2-11H2,1H3. The first kappa shape index (κ1) is 12.8. The number of carbonyl (C=O) groups excluding carboxylic acids is 1. The normalized spacial score (nSPS) is 27.8. The minimum Gasteiger partial charge on any atom is -0.339 e. The summed E-state index contributed by atoms with van der Waals surface area (Å²) < 4.78 is 0. The van der Waals surface area contributed by atoms with Crippen LogP contribution in [0.4, 0.5) is 0 Å². The van der Waals surface area contributed by atoms with Gasteiger partial charge in [-0.05, 0) is 26.3 Å². The molecule has 2 aliphatic rings. The molecular formula is C13H25N3O. The number of nitrogens with one attached hydrogen (secondary N) is 1. The van der Waals surface area contributed by atoms with Gasteiger partial charge in [-0.15, -0.1) is 0 Å². The quantitative estimate of drug-likeness (QED) is 0.770. The molecule has 1 unspecified atom stereocenters. The van der Waals surface area contributed by atoms with Gasteiger partial charge in [-0.3, -0.25) is 9.69 Å². The van der Waals surface area contributed by atoms with E-state index in [0.717, 1.165) is 32.7 Å². The molecule has 0 radical (unpaired) electrons. The molecule has 2 aliphatic heterocycles. The van der Waals surface area contributed by atoms with Gasteiger partial charge in [-0.2, -0.15) is 0 Å². The second kappa shape index (κ2) is 6.36. The molecule has 1 amide bonds. The highest BCUT2D eigenvalue weighted by Crippen LogP contribution is 2.16. The molecule has 4 nitrogen and oxygen atoms in total. The molecule has 0 saturated carbocycles. The zero-order valence-electron chi connectivity index (χ0n) is 11.0. The van der Waals surface area contributed by atoms with Gasteiger partial charge in [0.15, 0.2) is 0 Å². The average Bonchev–Trinajstić information content (AvgIpc) is 2.56. The fourth-order valence-electron chi connectivity index (χ4n) is 2.76. The Labute approximate surface area is 104 Å². The molecule has 0 bridgehead atoms. The lowest BCUT2D eigenvalue weighted by Crippen LogP contribution is -2.50. The Morgan fingerprint density at radius 3 is 2.71 bits per heavy atom. The van der Waals surface area contributed by atoms with Crippen LogP contribution in [0.3, 0.4) is 0 Å². The van der Waals surface area contributed by atoms with Gasteiger partial charge < -0.3 is 10.2 Å². The van der Waals surface area contributed by atoms with Crippen molar-refractivity contribution >= 4 is 5.91 Å². The van der Waals surface area contributed by atoms with Gasteiger partial charge in [-0.1, -0.05) is 12.8 Å². The zero-order valence-corrected chi connectivity index (χ0v) is 11.0. The average molecular weight is 239 g/mol. The monoisotopic (exact) mass is 239 g/mol. The third-order valence-electron chi connectivity index (χ3n) is 4.00. The van der Waals surface area contributed by atoms with Crippen molar-refractivity contribution in [2.45, 2.75) is 38.6 Å². The number of amides is 1. The summed E-state index contributed by atoms with van der Waals surface area (Å²) in [7, 11) is 0. The number of hydrogen-bond acceptors (Lipinski definition) is 3. The summed E-state index contributed by atoms with van der Waals surface area (Å²) in [6.07, 6.45) is 5.14. The first-order chi connectivity index (χ1) is 8.27. The third-order valence-corrected chi connectivity index (χ3v) is 4.00. The van der Waals surface area contributed by atoms with Crippen LogP contribution in [0.5, 0.6) is 0 Å². The summed E-state index contributed by atoms with van der Waals surface area (Å²) in [6, 6.07) is 0.573. The molecule has 2 saturated heterocycles. The molecule has 0 aliphatic carbocycles. The Kier molecular flexibility index (Phi) is 4.80. The smallest absolute Gasteiger partial charge is 0.236 e. The topological polar surface area (TPSA) is 35.6 Å². The Morgan fingerprint density at radius 2 is 1.94 bits per heavy atom. The Bertz CT molecular complexity index is 251. The highest BCUT2D eigenvalue weighted by molar-refractivity contribution is 5.78. The van der Waals surface area contributed by atoms with E-state index in [4.69, 9.17) is 0 Å². The van der Waals surface area contributed by atoms with E-state index in [0.29, 0.717) is 18.5 Å². The molecule has 98 valence electrons. The summed E-state index contributed by atoms with van der Waals surface area (Å²) in [6.45, 7) is 7.63. The first-order valence-corrected chi connectivity index (χ1v) is 7.00. The largest absolute Gasteiger partial charge is 0.339 e. The fourth-order valence-corrected chi connectivity index (χ4v) is 2.76. The number of nitrogens with zero attached hydrogens (tertiary/aromatic N) is 2. The van der Waals surface area contributed by atoms with E-state index in [-0.39, 0.29) is 0 Å². The van der Waals surface area contributed by atoms with Crippen LogP contribution < -0.4 is 5.32 Å². The number of rotatable bonds is 2. The van der Waals surface area contributed by atoms with E-state index >= 15 is 0 Å². The number of piperazine rings is 1. The molecule has 0 aromatic heterocycles. The minimum absolute atomic E-state index is 0.320. The van der Waals surface area contributed by atoms with Gasteiger partial charge in [-0.25, -0.2) is 0 Å². The van der Waals surface area contributed by atoms with E-state index in [1.165, 1.54) is 25.7 Å². The molecule has 0 aromatic rings. The fraction of sp³-hybridized carbons (Fsp3) is 0.923. The first-order valence-electron chi connectivity index (χ1n) is 7.00. The van der Waals surface area contributed by atoms with E-state index in [2.05, 4.69) is 17.1 Å². The van der Waals surface area contributed by atoms with Crippen LogP contribution >= 0.6 is 0 Å². The van der Waals surface area contributed by atoms with E-state index in [9.17, 15) is 4.79 Å². The molecule has 1 N–H and O–H groups in total. The minimum atomic E-state index is 0.320. The van der Waals surface area contributed by atoms with Crippen molar-refractivity contribution < 1.29 is 4.79 Å². The summed E-state index contributed by atoms with van der Waals surface area (Å²) in [5.74, 6) is 0.320. The number of carbonyl (C=O) groups is 1. The molecule has 2 heterocycles. The predicted octanol–water partition coefficient (Wildman–Crippen LogP) is 0.683. The molecule has 0 spiro atoms. The van der Waals surface area contributed by atoms with Gasteiger partial charge >= 0.3 is 0 Å². The Balaban J connectivity index is 1.83. The van der Waals surface area contributed by atoms with Crippen molar-refractivity contribution in [2.75, 3.05) is 39.3 Å². The lowest BCUT2D eigenvalue weighted by atomic mass is 10.1. The second-order valence-electron chi connectivity index (χ2n) is 5.30. The molecular weight excluding hydrogens is 214 g/mol. The number of likely N-dealkylation sites (tertiary alicyclic amines) is 1. The van der Waals surface area contributed by atoms with Gasteiger partial charge in [0.05, 0.1) is 6.54 Å². The van der Waals surface area contributed by atoms with E-state index in [1.54, 1.807) is 0 Å². The maximum atomic E-state index is 12.2. The predicted molar refractivity (Wildman–Crippen MR) is 69.0 cm³/mol. The van der Waals surface area contributed by atoms with Crippen LogP contribution in [0, 0.1) is 0 Å². The van der Waals surface area contributed by atoms with Gasteiger partial charge in [0.2, 0.25) is 5.91 Å². The van der Waals surface area contributed by atoms with Gasteiger partial charge in [0, 0.05) is 32.2 Å². The van der Waals surface area contributed by atoms with Crippen LogP contribution in [0.1, 0.15) is 32.6 Å². The summed E-state index contributed by atoms with van der Waals surface area (Å²) in [5.41, 5.74) is 0. The molecule has 0 aromatic carbocycles. The maximum absolute atomic E-state index is 12.2. The van der Waals surface area contributed by atoms with Crippen LogP contribution in [0.2, 0.25) is 0 Å². The van der Waals surface area contributed by atoms with Crippen molar-refractivity contribution in [3.8, 4) is 0 Å². The summed E-state index contributed by atoms with van der Waals surface area (Å²) in [4.78, 5) is 16.6. The highest BCUT2D eigenvalue weighted by Gasteiger charge is 2.23. The van der Waals surface area contributed by atoms with Crippen molar-refractivity contribution in [3.05, 3.63) is 0 Å². The van der Waals surface area contributed by atoms with E-state index in [1.807, 2.05) is 4.90 Å². The molecule has 2 fully saturated rings. The second-order valence-corrected chi connectivity index (χ2v) is 5.30. The van der Waals surface area contributed by atoms with Crippen molar-refractivity contribution in [1.29, 1.82) is 0 Å². The Hall–Kier alpha value is -0.610. The zero-order chi connectivity index (χ0) is 12.1. The van der Waals surface area contributed by atoms with Crippen molar-refractivity contribution in [2.24, 2.45) is 0 Å². The number of hydrogen-bond donors (Lipinski definition) is 1. The van der Waals surface area contributed by atoms with Gasteiger partial charge in [0.25, 0.3) is 0 Å². The lowest BCUT2D eigenvalue weighted by Gasteiger charge is -2.32. The van der Waals surface area contributed by atoms with Gasteiger partial charge in [0.1, 0.15) is 0 Å². The third kappa shape index (κ3) is 3.68. The van der Waals surface area contributed by atoms with Crippen molar-refractivity contribution in [1.82, 2.24) is 15.1 Å². The summed E-state index contributed by atoms with van der Waals surface area (Å²) in [5, 5.41) is 3.28. The molecule has 1 atom stereocenters. The lowest BCUT2D eigenvalue weighted by molar-refractivity contribution is -0.133. The molecule has 17 heavy (non-hydrogen) atoms. The van der Waals surface area contributed by atoms with Crippen LogP contribution in [-0.4, -0.2) is 61.0 Å². The SMILES string of the molecule is CC1CCCCCN1CC(=O)N1CCNCC1. The Morgan fingerprint density at radius 1 is 1.18 bits per heavy atom. The maximum Gasteiger partial charge on any atom is 0.236 e. The molecule has 2 rings (SSSR count). The highest BCUT2D eigenvalue weighted by atomic mass is 16.2. The van der Waals surface area contributed by atoms with E-state index < -0.39 is 0 Å². The van der Waals surface area contributed by atoms with Crippen molar-refractivity contribution in [3.63, 3.8) is 0 Å².